The van der Waals surface area contributed by atoms with E-state index in [4.69, 9.17) is 0 Å². The van der Waals surface area contributed by atoms with E-state index in [1.54, 1.807) is 18.5 Å². The maximum Gasteiger partial charge on any atom is 0.229 e. The van der Waals surface area contributed by atoms with E-state index in [1.807, 2.05) is 42.7 Å². The Morgan fingerprint density at radius 2 is 1.88 bits per heavy atom. The summed E-state index contributed by atoms with van der Waals surface area (Å²) in [7, 11) is 0. The molecule has 0 aliphatic heterocycles. The molecule has 0 aliphatic rings. The van der Waals surface area contributed by atoms with Crippen LogP contribution in [0, 0.1) is 0 Å². The lowest BCUT2D eigenvalue weighted by atomic mass is 10.1. The summed E-state index contributed by atoms with van der Waals surface area (Å²) in [5, 5.41) is 0. The Morgan fingerprint density at radius 1 is 1.12 bits per heavy atom. The van der Waals surface area contributed by atoms with Gasteiger partial charge in [-0.3, -0.25) is 14.8 Å². The van der Waals surface area contributed by atoms with Crippen LogP contribution in [0.1, 0.15) is 11.4 Å². The molecule has 0 unspecified atom stereocenters. The zero-order valence-electron chi connectivity index (χ0n) is 9.21. The van der Waals surface area contributed by atoms with Gasteiger partial charge in [0.1, 0.15) is 0 Å². The number of hydrogen-bond donors (Lipinski definition) is 0. The third kappa shape index (κ3) is 3.34. The Kier molecular flexibility index (Phi) is 3.76. The van der Waals surface area contributed by atoms with Crippen molar-refractivity contribution in [3.63, 3.8) is 0 Å². The number of rotatable bonds is 4. The van der Waals surface area contributed by atoms with Crippen LogP contribution in [0.25, 0.3) is 6.08 Å². The quantitative estimate of drug-likeness (QED) is 0.746. The minimum atomic E-state index is 0.473. The van der Waals surface area contributed by atoms with Gasteiger partial charge in [-0.25, -0.2) is 0 Å². The van der Waals surface area contributed by atoms with Crippen molar-refractivity contribution >= 4 is 12.4 Å². The molecule has 83 valence electrons. The molecule has 0 amide bonds. The lowest BCUT2D eigenvalue weighted by Gasteiger charge is -1.99. The average molecular weight is 223 g/mol. The van der Waals surface area contributed by atoms with E-state index >= 15 is 0 Å². The number of nitrogens with zero attached hydrogens (tertiary/aromatic N) is 2. The van der Waals surface area contributed by atoms with Crippen molar-refractivity contribution in [2.24, 2.45) is 0 Å². The van der Waals surface area contributed by atoms with Crippen molar-refractivity contribution in [1.29, 1.82) is 0 Å². The summed E-state index contributed by atoms with van der Waals surface area (Å²) in [4.78, 5) is 19.2. The summed E-state index contributed by atoms with van der Waals surface area (Å²) < 4.78 is 0. The molecule has 0 bridgehead atoms. The van der Waals surface area contributed by atoms with Crippen molar-refractivity contribution in [3.05, 3.63) is 65.8 Å². The van der Waals surface area contributed by atoms with Crippen molar-refractivity contribution in [2.75, 3.05) is 0 Å². The number of allylic oxidation sites excluding steroid dienone is 1. The SMILES string of the molecule is O=[C]/C(=C\c1ccccn1)Cc1ccccn1. The van der Waals surface area contributed by atoms with Crippen LogP contribution in [0.3, 0.4) is 0 Å². The van der Waals surface area contributed by atoms with E-state index in [1.165, 1.54) is 0 Å². The molecule has 0 saturated heterocycles. The minimum absolute atomic E-state index is 0.473. The molecule has 2 aromatic rings. The molecule has 17 heavy (non-hydrogen) atoms. The van der Waals surface area contributed by atoms with E-state index in [9.17, 15) is 4.79 Å². The summed E-state index contributed by atoms with van der Waals surface area (Å²) in [6.45, 7) is 0. The minimum Gasteiger partial charge on any atom is -0.285 e. The van der Waals surface area contributed by atoms with Gasteiger partial charge >= 0.3 is 0 Å². The lowest BCUT2D eigenvalue weighted by molar-refractivity contribution is 0.561. The molecular weight excluding hydrogens is 212 g/mol. The molecule has 0 aromatic carbocycles. The van der Waals surface area contributed by atoms with Crippen molar-refractivity contribution in [3.8, 4) is 0 Å². The largest absolute Gasteiger partial charge is 0.285 e. The van der Waals surface area contributed by atoms with Crippen molar-refractivity contribution in [1.82, 2.24) is 9.97 Å². The first kappa shape index (κ1) is 11.2. The maximum atomic E-state index is 10.9. The van der Waals surface area contributed by atoms with E-state index in [-0.39, 0.29) is 0 Å². The number of hydrogen-bond acceptors (Lipinski definition) is 3. The van der Waals surface area contributed by atoms with E-state index in [0.717, 1.165) is 11.4 Å². The van der Waals surface area contributed by atoms with Crippen LogP contribution in [-0.4, -0.2) is 16.3 Å². The molecule has 0 N–H and O–H groups in total. The molecule has 2 heterocycles. The Hall–Kier alpha value is -2.29. The standard InChI is InChI=1S/C14H11N2O/c17-11-12(9-13-5-1-3-7-15-13)10-14-6-2-4-8-16-14/h1-9H,10H2/b12-9-. The second kappa shape index (κ2) is 5.70. The second-order valence-corrected chi connectivity index (χ2v) is 3.52. The molecule has 3 heteroatoms. The monoisotopic (exact) mass is 223 g/mol. The third-order valence-electron chi connectivity index (χ3n) is 2.24. The van der Waals surface area contributed by atoms with Gasteiger partial charge in [-0.1, -0.05) is 12.1 Å². The van der Waals surface area contributed by atoms with E-state index in [0.29, 0.717) is 12.0 Å². The van der Waals surface area contributed by atoms with Crippen LogP contribution in [0.4, 0.5) is 0 Å². The number of carbonyl (C=O) groups excluding carboxylic acids is 1. The van der Waals surface area contributed by atoms with Crippen LogP contribution in [-0.2, 0) is 11.2 Å². The summed E-state index contributed by atoms with van der Waals surface area (Å²) in [6.07, 6.45) is 7.52. The average Bonchev–Trinajstić information content (AvgIpc) is 2.40. The molecule has 1 radical (unpaired) electrons. The van der Waals surface area contributed by atoms with Gasteiger partial charge in [-0.2, -0.15) is 0 Å². The third-order valence-corrected chi connectivity index (χ3v) is 2.24. The van der Waals surface area contributed by atoms with Gasteiger partial charge < -0.3 is 0 Å². The molecule has 0 aliphatic carbocycles. The molecule has 0 saturated carbocycles. The predicted molar refractivity (Wildman–Crippen MR) is 65.8 cm³/mol. The Labute approximate surface area is 99.9 Å². The zero-order chi connectivity index (χ0) is 11.9. The van der Waals surface area contributed by atoms with Gasteiger partial charge in [0.15, 0.2) is 0 Å². The van der Waals surface area contributed by atoms with Crippen LogP contribution >= 0.6 is 0 Å². The molecular formula is C14H11N2O. The van der Waals surface area contributed by atoms with Gasteiger partial charge in [0, 0.05) is 30.1 Å². The van der Waals surface area contributed by atoms with Gasteiger partial charge in [-0.15, -0.1) is 0 Å². The first-order chi connectivity index (χ1) is 8.38. The molecule has 3 nitrogen and oxygen atoms in total. The fraction of sp³-hybridized carbons (Fsp3) is 0.0714. The van der Waals surface area contributed by atoms with Gasteiger partial charge in [0.05, 0.1) is 5.69 Å². The highest BCUT2D eigenvalue weighted by Gasteiger charge is 2.01. The first-order valence-electron chi connectivity index (χ1n) is 5.28. The number of aromatic nitrogens is 2. The van der Waals surface area contributed by atoms with Gasteiger partial charge in [0.2, 0.25) is 6.29 Å². The van der Waals surface area contributed by atoms with Crippen molar-refractivity contribution in [2.45, 2.75) is 6.42 Å². The summed E-state index contributed by atoms with van der Waals surface area (Å²) in [5.41, 5.74) is 2.14. The van der Waals surface area contributed by atoms with Gasteiger partial charge in [-0.05, 0) is 30.3 Å². The fourth-order valence-electron chi connectivity index (χ4n) is 1.45. The molecule has 2 rings (SSSR count). The Bertz CT molecular complexity index is 506. The fourth-order valence-corrected chi connectivity index (χ4v) is 1.45. The van der Waals surface area contributed by atoms with Crippen LogP contribution in [0.2, 0.25) is 0 Å². The number of pyridine rings is 2. The molecule has 2 aromatic heterocycles. The lowest BCUT2D eigenvalue weighted by Crippen LogP contribution is -1.95. The van der Waals surface area contributed by atoms with Gasteiger partial charge in [0.25, 0.3) is 0 Å². The van der Waals surface area contributed by atoms with Crippen LogP contribution in [0.5, 0.6) is 0 Å². The smallest absolute Gasteiger partial charge is 0.229 e. The normalized spacial score (nSPS) is 11.2. The highest BCUT2D eigenvalue weighted by molar-refractivity contribution is 5.82. The predicted octanol–water partition coefficient (Wildman–Crippen LogP) is 2.21. The summed E-state index contributed by atoms with van der Waals surface area (Å²) in [6, 6.07) is 11.2. The second-order valence-electron chi connectivity index (χ2n) is 3.52. The maximum absolute atomic E-state index is 10.9. The molecule has 0 spiro atoms. The highest BCUT2D eigenvalue weighted by atomic mass is 16.1. The molecule has 0 atom stereocenters. The zero-order valence-corrected chi connectivity index (χ0v) is 9.21. The Morgan fingerprint density at radius 3 is 2.47 bits per heavy atom. The summed E-state index contributed by atoms with van der Waals surface area (Å²) >= 11 is 0. The summed E-state index contributed by atoms with van der Waals surface area (Å²) in [5.74, 6) is 0. The molecule has 0 fully saturated rings. The highest BCUT2D eigenvalue weighted by Crippen LogP contribution is 2.07. The van der Waals surface area contributed by atoms with Crippen molar-refractivity contribution < 1.29 is 4.79 Å². The first-order valence-corrected chi connectivity index (χ1v) is 5.28. The van der Waals surface area contributed by atoms with Crippen LogP contribution in [0.15, 0.2) is 54.4 Å². The Balaban J connectivity index is 2.18. The van der Waals surface area contributed by atoms with Crippen LogP contribution < -0.4 is 0 Å². The van der Waals surface area contributed by atoms with E-state index < -0.39 is 0 Å². The van der Waals surface area contributed by atoms with E-state index in [2.05, 4.69) is 9.97 Å². The topological polar surface area (TPSA) is 42.9 Å².